The van der Waals surface area contributed by atoms with Crippen molar-refractivity contribution in [3.8, 4) is 0 Å². The van der Waals surface area contributed by atoms with Crippen LogP contribution in [-0.2, 0) is 14.8 Å². The van der Waals surface area contributed by atoms with E-state index < -0.39 is 21.8 Å². The van der Waals surface area contributed by atoms with E-state index in [1.54, 1.807) is 0 Å². The van der Waals surface area contributed by atoms with Crippen molar-refractivity contribution in [3.63, 3.8) is 0 Å². The predicted octanol–water partition coefficient (Wildman–Crippen LogP) is 1.15. The fourth-order valence-electron chi connectivity index (χ4n) is 1.74. The van der Waals surface area contributed by atoms with E-state index in [-0.39, 0.29) is 16.1 Å². The third kappa shape index (κ3) is 2.99. The van der Waals surface area contributed by atoms with E-state index in [4.69, 9.17) is 14.3 Å². The van der Waals surface area contributed by atoms with Gasteiger partial charge in [0.1, 0.15) is 4.90 Å². The molecule has 2 heterocycles. The van der Waals surface area contributed by atoms with Crippen molar-refractivity contribution in [2.45, 2.75) is 11.3 Å². The third-order valence-electron chi connectivity index (χ3n) is 2.67. The number of ether oxygens (including phenoxy) is 1. The molecule has 0 amide bonds. The van der Waals surface area contributed by atoms with Crippen LogP contribution in [-0.4, -0.2) is 50.1 Å². The molecule has 0 atom stereocenters. The molecule has 1 aromatic heterocycles. The highest BCUT2D eigenvalue weighted by molar-refractivity contribution is 9.10. The number of nitrogens with zero attached hydrogens (tertiary/aromatic N) is 1. The quantitative estimate of drug-likeness (QED) is 0.875. The molecule has 0 unspecified atom stereocenters. The Labute approximate surface area is 118 Å². The summed E-state index contributed by atoms with van der Waals surface area (Å²) in [5.74, 6) is -1.74. The molecule has 106 valence electrons. The summed E-state index contributed by atoms with van der Waals surface area (Å²) in [6.07, 6.45) is 0.598. The second-order valence-electron chi connectivity index (χ2n) is 3.92. The Balaban J connectivity index is 2.35. The van der Waals surface area contributed by atoms with Gasteiger partial charge in [-0.25, -0.2) is 13.2 Å². The molecule has 0 bridgehead atoms. The molecule has 0 saturated carbocycles. The number of carboxylic acids is 1. The zero-order valence-electron chi connectivity index (χ0n) is 9.83. The van der Waals surface area contributed by atoms with Crippen molar-refractivity contribution >= 4 is 31.9 Å². The van der Waals surface area contributed by atoms with Crippen LogP contribution in [0.4, 0.5) is 0 Å². The average molecular weight is 354 g/mol. The van der Waals surface area contributed by atoms with Crippen molar-refractivity contribution in [2.75, 3.05) is 26.3 Å². The van der Waals surface area contributed by atoms with E-state index in [0.717, 1.165) is 6.07 Å². The van der Waals surface area contributed by atoms with Gasteiger partial charge in [0.05, 0.1) is 6.61 Å². The normalized spacial score (nSPS) is 18.2. The maximum Gasteiger partial charge on any atom is 0.371 e. The third-order valence-corrected chi connectivity index (χ3v) is 5.42. The molecule has 1 aliphatic rings. The van der Waals surface area contributed by atoms with Gasteiger partial charge < -0.3 is 14.3 Å². The summed E-state index contributed by atoms with van der Waals surface area (Å²) in [7, 11) is -3.78. The molecule has 9 heteroatoms. The molecule has 7 nitrogen and oxygen atoms in total. The summed E-state index contributed by atoms with van der Waals surface area (Å²) in [4.78, 5) is 10.6. The molecular weight excluding hydrogens is 342 g/mol. The summed E-state index contributed by atoms with van der Waals surface area (Å²) in [5, 5.41) is 8.80. The van der Waals surface area contributed by atoms with E-state index >= 15 is 0 Å². The molecule has 1 N–H and O–H groups in total. The van der Waals surface area contributed by atoms with E-state index in [9.17, 15) is 13.2 Å². The summed E-state index contributed by atoms with van der Waals surface area (Å²) in [6.45, 7) is 1.41. The molecule has 0 spiro atoms. The maximum absolute atomic E-state index is 12.4. The van der Waals surface area contributed by atoms with Gasteiger partial charge in [0.2, 0.25) is 15.8 Å². The lowest BCUT2D eigenvalue weighted by Gasteiger charge is -2.18. The Morgan fingerprint density at radius 2 is 2.11 bits per heavy atom. The summed E-state index contributed by atoms with van der Waals surface area (Å²) in [5.41, 5.74) is 0. The van der Waals surface area contributed by atoms with Gasteiger partial charge in [0, 0.05) is 25.8 Å². The van der Waals surface area contributed by atoms with E-state index in [2.05, 4.69) is 15.9 Å². The van der Waals surface area contributed by atoms with Crippen molar-refractivity contribution in [2.24, 2.45) is 0 Å². The number of aromatic carboxylic acids is 1. The fraction of sp³-hybridized carbons (Fsp3) is 0.500. The average Bonchev–Trinajstić information content (AvgIpc) is 2.59. The van der Waals surface area contributed by atoms with Gasteiger partial charge in [0.15, 0.2) is 4.67 Å². The van der Waals surface area contributed by atoms with Crippen molar-refractivity contribution < 1.29 is 27.5 Å². The minimum absolute atomic E-state index is 0.102. The minimum atomic E-state index is -3.78. The van der Waals surface area contributed by atoms with Crippen LogP contribution in [0.15, 0.2) is 20.0 Å². The van der Waals surface area contributed by atoms with Crippen molar-refractivity contribution in [1.82, 2.24) is 4.31 Å². The van der Waals surface area contributed by atoms with Gasteiger partial charge in [-0.3, -0.25) is 0 Å². The lowest BCUT2D eigenvalue weighted by atomic mass is 10.5. The first kappa shape index (κ1) is 14.5. The van der Waals surface area contributed by atoms with E-state index in [1.165, 1.54) is 4.31 Å². The SMILES string of the molecule is O=C(O)c1cc(S(=O)(=O)N2CCCOCC2)c(Br)o1. The Morgan fingerprint density at radius 1 is 1.37 bits per heavy atom. The molecule has 1 aliphatic heterocycles. The predicted molar refractivity (Wildman–Crippen MR) is 67.6 cm³/mol. The van der Waals surface area contributed by atoms with Gasteiger partial charge in [0.25, 0.3) is 0 Å². The van der Waals surface area contributed by atoms with Crippen LogP contribution in [0.2, 0.25) is 0 Å². The zero-order chi connectivity index (χ0) is 14.0. The lowest BCUT2D eigenvalue weighted by molar-refractivity contribution is 0.0661. The van der Waals surface area contributed by atoms with Crippen molar-refractivity contribution in [1.29, 1.82) is 0 Å². The standard InChI is InChI=1S/C10H12BrNO6S/c11-9-8(6-7(18-9)10(13)14)19(15,16)12-2-1-4-17-5-3-12/h6H,1-5H2,(H,13,14). The molecule has 0 aromatic carbocycles. The number of halogens is 1. The summed E-state index contributed by atoms with van der Waals surface area (Å²) >= 11 is 2.94. The number of hydrogen-bond acceptors (Lipinski definition) is 5. The number of rotatable bonds is 3. The molecule has 1 fully saturated rings. The maximum atomic E-state index is 12.4. The van der Waals surface area contributed by atoms with Crippen LogP contribution < -0.4 is 0 Å². The molecule has 2 rings (SSSR count). The molecule has 0 radical (unpaired) electrons. The lowest BCUT2D eigenvalue weighted by Crippen LogP contribution is -2.33. The Hall–Kier alpha value is -0.900. The van der Waals surface area contributed by atoms with Crippen LogP contribution in [0, 0.1) is 0 Å². The van der Waals surface area contributed by atoms with Gasteiger partial charge in [-0.2, -0.15) is 4.31 Å². The first-order valence-electron chi connectivity index (χ1n) is 5.53. The number of sulfonamides is 1. The Bertz CT molecular complexity index is 573. The molecule has 0 aliphatic carbocycles. The summed E-state index contributed by atoms with van der Waals surface area (Å²) < 4.78 is 36.0. The minimum Gasteiger partial charge on any atom is -0.475 e. The molecule has 1 saturated heterocycles. The first-order valence-corrected chi connectivity index (χ1v) is 7.77. The molecular formula is C10H12BrNO6S. The van der Waals surface area contributed by atoms with Gasteiger partial charge >= 0.3 is 5.97 Å². The number of hydrogen-bond donors (Lipinski definition) is 1. The first-order chi connectivity index (χ1) is 8.93. The highest BCUT2D eigenvalue weighted by Crippen LogP contribution is 2.29. The monoisotopic (exact) mass is 353 g/mol. The second-order valence-corrected chi connectivity index (χ2v) is 6.55. The van der Waals surface area contributed by atoms with Crippen LogP contribution in [0.3, 0.4) is 0 Å². The van der Waals surface area contributed by atoms with Gasteiger partial charge in [-0.1, -0.05) is 0 Å². The van der Waals surface area contributed by atoms with E-state index in [0.29, 0.717) is 26.2 Å². The Kier molecular flexibility index (Phi) is 4.29. The zero-order valence-corrected chi connectivity index (χ0v) is 12.2. The highest BCUT2D eigenvalue weighted by Gasteiger charge is 2.31. The Morgan fingerprint density at radius 3 is 2.74 bits per heavy atom. The fourth-order valence-corrected chi connectivity index (χ4v) is 4.10. The molecule has 1 aromatic rings. The van der Waals surface area contributed by atoms with Gasteiger partial charge in [-0.15, -0.1) is 0 Å². The van der Waals surface area contributed by atoms with Crippen molar-refractivity contribution in [3.05, 3.63) is 16.5 Å². The number of carboxylic acid groups (broad SMARTS) is 1. The smallest absolute Gasteiger partial charge is 0.371 e. The number of carbonyl (C=O) groups is 1. The molecule has 19 heavy (non-hydrogen) atoms. The van der Waals surface area contributed by atoms with E-state index in [1.807, 2.05) is 0 Å². The van der Waals surface area contributed by atoms with Crippen LogP contribution >= 0.6 is 15.9 Å². The van der Waals surface area contributed by atoms with Gasteiger partial charge in [-0.05, 0) is 22.4 Å². The number of furan rings is 1. The van der Waals surface area contributed by atoms with Crippen LogP contribution in [0.5, 0.6) is 0 Å². The van der Waals surface area contributed by atoms with Crippen LogP contribution in [0.25, 0.3) is 0 Å². The second kappa shape index (κ2) is 5.61. The summed E-state index contributed by atoms with van der Waals surface area (Å²) in [6, 6.07) is 1.01. The highest BCUT2D eigenvalue weighted by atomic mass is 79.9. The van der Waals surface area contributed by atoms with Crippen LogP contribution in [0.1, 0.15) is 17.0 Å². The largest absolute Gasteiger partial charge is 0.475 e. The topological polar surface area (TPSA) is 97.0 Å².